The molecule has 1 aromatic heterocycles. The minimum absolute atomic E-state index is 0.157. The molecule has 1 aromatic rings. The van der Waals surface area contributed by atoms with E-state index in [-0.39, 0.29) is 17.7 Å². The van der Waals surface area contributed by atoms with Gasteiger partial charge in [-0.2, -0.15) is 4.98 Å². The van der Waals surface area contributed by atoms with Crippen LogP contribution in [0.15, 0.2) is 4.52 Å². The Morgan fingerprint density at radius 2 is 2.00 bits per heavy atom. The molecule has 122 valence electrons. The van der Waals surface area contributed by atoms with Crippen LogP contribution in [0.3, 0.4) is 0 Å². The number of piperidine rings is 1. The largest absolute Gasteiger partial charge is 0.441 e. The summed E-state index contributed by atoms with van der Waals surface area (Å²) in [5.74, 6) is 0.213. The quantitative estimate of drug-likeness (QED) is 0.775. The first-order valence-corrected chi connectivity index (χ1v) is 8.62. The predicted molar refractivity (Wildman–Crippen MR) is 74.3 cm³/mol. The molecule has 0 atom stereocenters. The third-order valence-electron chi connectivity index (χ3n) is 4.05. The minimum atomic E-state index is -3.50. The van der Waals surface area contributed by atoms with E-state index in [9.17, 15) is 13.2 Å². The van der Waals surface area contributed by atoms with Gasteiger partial charge >= 0.3 is 6.09 Å². The highest BCUT2D eigenvalue weighted by molar-refractivity contribution is 7.88. The number of carbonyl (C=O) groups excluding carboxylic acids is 1. The summed E-state index contributed by atoms with van der Waals surface area (Å²) < 4.78 is 36.4. The molecule has 3 rings (SSSR count). The van der Waals surface area contributed by atoms with Crippen molar-refractivity contribution in [3.8, 4) is 0 Å². The smallest absolute Gasteiger partial charge is 0.410 e. The Balaban J connectivity index is 1.64. The molecule has 0 radical (unpaired) electrons. The summed E-state index contributed by atoms with van der Waals surface area (Å²) in [6.45, 7) is 2.75. The van der Waals surface area contributed by atoms with Gasteiger partial charge in [0.15, 0.2) is 5.82 Å². The molecule has 2 fully saturated rings. The van der Waals surface area contributed by atoms with Gasteiger partial charge in [0.25, 0.3) is 0 Å². The standard InChI is InChI=1S/C12H18N4O5S/c1-9-13-10(14-21-9)7-22(18,19)16-5-3-12(4-6-16)8-15(2)11(17)20-12/h3-8H2,1-2H3. The Hall–Kier alpha value is -1.68. The van der Waals surface area contributed by atoms with E-state index in [1.54, 1.807) is 14.0 Å². The van der Waals surface area contributed by atoms with Gasteiger partial charge in [0.1, 0.15) is 11.4 Å². The Bertz CT molecular complexity index is 677. The molecule has 1 amide bonds. The number of amides is 1. The van der Waals surface area contributed by atoms with Gasteiger partial charge in [0.05, 0.1) is 6.54 Å². The lowest BCUT2D eigenvalue weighted by Gasteiger charge is -2.36. The predicted octanol–water partition coefficient (Wildman–Crippen LogP) is 0.124. The second-order valence-electron chi connectivity index (χ2n) is 5.79. The maximum atomic E-state index is 12.4. The molecule has 22 heavy (non-hydrogen) atoms. The van der Waals surface area contributed by atoms with Gasteiger partial charge in [-0.3, -0.25) is 0 Å². The average molecular weight is 330 g/mol. The fourth-order valence-corrected chi connectivity index (χ4v) is 4.24. The van der Waals surface area contributed by atoms with Crippen LogP contribution in [-0.4, -0.2) is 66.1 Å². The van der Waals surface area contributed by atoms with Gasteiger partial charge in [-0.05, 0) is 0 Å². The summed E-state index contributed by atoms with van der Waals surface area (Å²) in [6, 6.07) is 0. The van der Waals surface area contributed by atoms with Crippen molar-refractivity contribution in [1.82, 2.24) is 19.3 Å². The molecule has 0 aliphatic carbocycles. The molecular weight excluding hydrogens is 312 g/mol. The molecule has 0 unspecified atom stereocenters. The van der Waals surface area contributed by atoms with Gasteiger partial charge in [-0.1, -0.05) is 5.16 Å². The van der Waals surface area contributed by atoms with Crippen LogP contribution < -0.4 is 0 Å². The van der Waals surface area contributed by atoms with Crippen molar-refractivity contribution >= 4 is 16.1 Å². The molecule has 0 saturated carbocycles. The van der Waals surface area contributed by atoms with Crippen molar-refractivity contribution in [3.63, 3.8) is 0 Å². The molecule has 0 N–H and O–H groups in total. The highest BCUT2D eigenvalue weighted by atomic mass is 32.2. The summed E-state index contributed by atoms with van der Waals surface area (Å²) in [6.07, 6.45) is 0.639. The number of ether oxygens (including phenoxy) is 1. The minimum Gasteiger partial charge on any atom is -0.441 e. The zero-order chi connectivity index (χ0) is 16.0. The number of hydrogen-bond acceptors (Lipinski definition) is 7. The molecule has 9 nitrogen and oxygen atoms in total. The molecule has 2 aliphatic rings. The normalized spacial score (nSPS) is 22.3. The first-order valence-electron chi connectivity index (χ1n) is 7.01. The van der Waals surface area contributed by atoms with Crippen LogP contribution in [0.5, 0.6) is 0 Å². The number of hydrogen-bond donors (Lipinski definition) is 0. The first kappa shape index (κ1) is 15.2. The van der Waals surface area contributed by atoms with Gasteiger partial charge in [0.2, 0.25) is 15.9 Å². The Morgan fingerprint density at radius 1 is 1.32 bits per heavy atom. The summed E-state index contributed by atoms with van der Waals surface area (Å²) in [5, 5.41) is 3.62. The SMILES string of the molecule is Cc1nc(CS(=O)(=O)N2CCC3(CC2)CN(C)C(=O)O3)no1. The summed E-state index contributed by atoms with van der Waals surface area (Å²) in [5.41, 5.74) is -0.555. The van der Waals surface area contributed by atoms with E-state index in [2.05, 4.69) is 10.1 Å². The lowest BCUT2D eigenvalue weighted by Crippen LogP contribution is -2.48. The zero-order valence-corrected chi connectivity index (χ0v) is 13.3. The fourth-order valence-electron chi connectivity index (χ4n) is 2.88. The van der Waals surface area contributed by atoms with E-state index in [1.165, 1.54) is 9.21 Å². The molecule has 10 heteroatoms. The van der Waals surface area contributed by atoms with Crippen molar-refractivity contribution in [2.75, 3.05) is 26.7 Å². The van der Waals surface area contributed by atoms with Gasteiger partial charge < -0.3 is 14.2 Å². The summed E-state index contributed by atoms with van der Waals surface area (Å²) >= 11 is 0. The van der Waals surface area contributed by atoms with E-state index < -0.39 is 15.6 Å². The molecule has 2 saturated heterocycles. The third-order valence-corrected chi connectivity index (χ3v) is 5.82. The van der Waals surface area contributed by atoms with Crippen LogP contribution in [-0.2, 0) is 20.5 Å². The number of rotatable bonds is 3. The first-order chi connectivity index (χ1) is 10.3. The van der Waals surface area contributed by atoms with E-state index in [0.29, 0.717) is 38.4 Å². The van der Waals surface area contributed by atoms with Crippen molar-refractivity contribution in [2.45, 2.75) is 31.1 Å². The van der Waals surface area contributed by atoms with Crippen molar-refractivity contribution in [3.05, 3.63) is 11.7 Å². The summed E-state index contributed by atoms with van der Waals surface area (Å²) in [7, 11) is -1.82. The number of carbonyl (C=O) groups is 1. The maximum absolute atomic E-state index is 12.4. The number of nitrogens with zero attached hydrogens (tertiary/aromatic N) is 4. The second kappa shape index (κ2) is 5.20. The number of aromatic nitrogens is 2. The third kappa shape index (κ3) is 2.80. The number of likely N-dealkylation sites (N-methyl/N-ethyl adjacent to an activating group) is 1. The lowest BCUT2D eigenvalue weighted by molar-refractivity contribution is 0.0172. The van der Waals surface area contributed by atoms with Crippen LogP contribution in [0, 0.1) is 6.92 Å². The second-order valence-corrected chi connectivity index (χ2v) is 7.76. The van der Waals surface area contributed by atoms with E-state index in [0.717, 1.165) is 0 Å². The molecule has 1 spiro atoms. The van der Waals surface area contributed by atoms with Crippen molar-refractivity contribution in [1.29, 1.82) is 0 Å². The Kier molecular flexibility index (Phi) is 3.60. The van der Waals surface area contributed by atoms with Crippen molar-refractivity contribution in [2.24, 2.45) is 0 Å². The Morgan fingerprint density at radius 3 is 2.50 bits per heavy atom. The van der Waals surface area contributed by atoms with Crippen molar-refractivity contribution < 1.29 is 22.5 Å². The summed E-state index contributed by atoms with van der Waals surface area (Å²) in [4.78, 5) is 17.0. The Labute approximate surface area is 128 Å². The molecular formula is C12H18N4O5S. The molecule has 0 bridgehead atoms. The highest BCUT2D eigenvalue weighted by Gasteiger charge is 2.47. The zero-order valence-electron chi connectivity index (χ0n) is 12.5. The highest BCUT2D eigenvalue weighted by Crippen LogP contribution is 2.33. The topological polar surface area (TPSA) is 106 Å². The van der Waals surface area contributed by atoms with Crippen LogP contribution >= 0.6 is 0 Å². The number of sulfonamides is 1. The molecule has 0 aromatic carbocycles. The van der Waals surface area contributed by atoms with Gasteiger partial charge in [0, 0.05) is 39.9 Å². The number of aryl methyl sites for hydroxylation is 1. The lowest BCUT2D eigenvalue weighted by atomic mass is 9.92. The van der Waals surface area contributed by atoms with Crippen LogP contribution in [0.25, 0.3) is 0 Å². The van der Waals surface area contributed by atoms with Gasteiger partial charge in [-0.25, -0.2) is 17.5 Å². The van der Waals surface area contributed by atoms with Crippen LogP contribution in [0.4, 0.5) is 4.79 Å². The fraction of sp³-hybridized carbons (Fsp3) is 0.750. The molecule has 2 aliphatic heterocycles. The monoisotopic (exact) mass is 330 g/mol. The molecule has 3 heterocycles. The maximum Gasteiger partial charge on any atom is 0.410 e. The van der Waals surface area contributed by atoms with Crippen LogP contribution in [0.2, 0.25) is 0 Å². The van der Waals surface area contributed by atoms with Crippen LogP contribution in [0.1, 0.15) is 24.6 Å². The van der Waals surface area contributed by atoms with E-state index in [4.69, 9.17) is 9.26 Å². The van der Waals surface area contributed by atoms with E-state index >= 15 is 0 Å². The van der Waals surface area contributed by atoms with Gasteiger partial charge in [-0.15, -0.1) is 0 Å². The van der Waals surface area contributed by atoms with E-state index in [1.807, 2.05) is 0 Å². The average Bonchev–Trinajstić information content (AvgIpc) is 2.94.